The minimum absolute atomic E-state index is 0.0522. The highest BCUT2D eigenvalue weighted by molar-refractivity contribution is 5.99. The number of aryl methyl sites for hydroxylation is 3. The molecule has 1 fully saturated rings. The molecule has 3 heterocycles. The summed E-state index contributed by atoms with van der Waals surface area (Å²) < 4.78 is 7.25. The number of benzene rings is 1. The second kappa shape index (κ2) is 8.81. The Hall–Kier alpha value is -3.09. The van der Waals surface area contributed by atoms with Gasteiger partial charge in [0.1, 0.15) is 11.5 Å². The maximum absolute atomic E-state index is 13.3. The van der Waals surface area contributed by atoms with E-state index in [0.717, 1.165) is 47.3 Å². The molecule has 0 spiro atoms. The molecule has 1 aromatic carbocycles. The number of piperidine rings is 1. The molecule has 170 valence electrons. The Morgan fingerprint density at radius 1 is 1.22 bits per heavy atom. The Morgan fingerprint density at radius 3 is 2.72 bits per heavy atom. The zero-order chi connectivity index (χ0) is 23.0. The summed E-state index contributed by atoms with van der Waals surface area (Å²) in [5.41, 5.74) is 5.04. The Morgan fingerprint density at radius 2 is 2.00 bits per heavy atom. The summed E-state index contributed by atoms with van der Waals surface area (Å²) in [6, 6.07) is 7.82. The highest BCUT2D eigenvalue weighted by atomic mass is 16.5. The minimum Gasteiger partial charge on any atom is -0.361 e. The van der Waals surface area contributed by atoms with Crippen LogP contribution in [-0.2, 0) is 18.4 Å². The van der Waals surface area contributed by atoms with E-state index in [-0.39, 0.29) is 17.7 Å². The van der Waals surface area contributed by atoms with Crippen molar-refractivity contribution in [2.45, 2.75) is 46.6 Å². The normalized spacial score (nSPS) is 16.5. The Labute approximate surface area is 189 Å². The van der Waals surface area contributed by atoms with Crippen molar-refractivity contribution in [3.63, 3.8) is 0 Å². The Bertz CT molecular complexity index is 1160. The van der Waals surface area contributed by atoms with Gasteiger partial charge in [-0.05, 0) is 63.3 Å². The van der Waals surface area contributed by atoms with Gasteiger partial charge in [-0.1, -0.05) is 5.16 Å². The molecule has 1 aliphatic heterocycles. The van der Waals surface area contributed by atoms with Gasteiger partial charge in [-0.3, -0.25) is 9.59 Å². The average Bonchev–Trinajstić information content (AvgIpc) is 3.29. The number of amides is 2. The predicted molar refractivity (Wildman–Crippen MR) is 123 cm³/mol. The number of nitrogens with zero attached hydrogens (tertiary/aromatic N) is 4. The third-order valence-corrected chi connectivity index (χ3v) is 6.83. The molecular formula is C25H32N4O3. The standard InChI is InChI=1S/C25H32N4O3/c1-16-11-21(26-32-16)15-27(4)24(30)12-19-7-6-10-29(14-19)25(31)20-8-9-23-22(13-20)17(2)18(3)28(23)5/h8-9,11,13,19H,6-7,10,12,14-15H2,1-5H3/t19-/m1/s1. The fraction of sp³-hybridized carbons (Fsp3) is 0.480. The van der Waals surface area contributed by atoms with Gasteiger partial charge in [0.25, 0.3) is 5.91 Å². The first-order valence-electron chi connectivity index (χ1n) is 11.3. The molecule has 1 atom stereocenters. The molecule has 3 aromatic rings. The van der Waals surface area contributed by atoms with Crippen LogP contribution in [0.15, 0.2) is 28.8 Å². The van der Waals surface area contributed by atoms with Crippen LogP contribution in [0.1, 0.15) is 52.3 Å². The van der Waals surface area contributed by atoms with Gasteiger partial charge in [0.15, 0.2) is 0 Å². The maximum Gasteiger partial charge on any atom is 0.253 e. The van der Waals surface area contributed by atoms with Crippen LogP contribution in [0.2, 0.25) is 0 Å². The van der Waals surface area contributed by atoms with E-state index in [2.05, 4.69) is 30.6 Å². The van der Waals surface area contributed by atoms with Crippen LogP contribution >= 0.6 is 0 Å². The van der Waals surface area contributed by atoms with E-state index < -0.39 is 0 Å². The van der Waals surface area contributed by atoms with Crippen LogP contribution in [0.25, 0.3) is 10.9 Å². The molecule has 0 unspecified atom stereocenters. The number of carbonyl (C=O) groups is 2. The molecule has 1 saturated heterocycles. The first-order valence-corrected chi connectivity index (χ1v) is 11.3. The summed E-state index contributed by atoms with van der Waals surface area (Å²) in [6.07, 6.45) is 2.32. The monoisotopic (exact) mass is 436 g/mol. The summed E-state index contributed by atoms with van der Waals surface area (Å²) in [4.78, 5) is 29.6. The first kappa shape index (κ1) is 22.1. The van der Waals surface area contributed by atoms with Crippen LogP contribution in [0.3, 0.4) is 0 Å². The van der Waals surface area contributed by atoms with Crippen molar-refractivity contribution in [3.8, 4) is 0 Å². The van der Waals surface area contributed by atoms with Gasteiger partial charge in [-0.15, -0.1) is 0 Å². The van der Waals surface area contributed by atoms with Crippen LogP contribution < -0.4 is 0 Å². The number of aromatic nitrogens is 2. The quantitative estimate of drug-likeness (QED) is 0.606. The molecule has 0 saturated carbocycles. The summed E-state index contributed by atoms with van der Waals surface area (Å²) in [5, 5.41) is 5.09. The van der Waals surface area contributed by atoms with Crippen LogP contribution in [0.4, 0.5) is 0 Å². The second-order valence-corrected chi connectivity index (χ2v) is 9.14. The molecule has 0 N–H and O–H groups in total. The summed E-state index contributed by atoms with van der Waals surface area (Å²) >= 11 is 0. The fourth-order valence-corrected chi connectivity index (χ4v) is 4.71. The number of fused-ring (bicyclic) bond motifs is 1. The van der Waals surface area contributed by atoms with Crippen molar-refractivity contribution in [2.24, 2.45) is 13.0 Å². The SMILES string of the molecule is Cc1cc(CN(C)C(=O)C[C@H]2CCCN(C(=O)c3ccc4c(c3)c(C)c(C)n4C)C2)no1. The smallest absolute Gasteiger partial charge is 0.253 e. The van der Waals surface area contributed by atoms with Crippen molar-refractivity contribution >= 4 is 22.7 Å². The lowest BCUT2D eigenvalue weighted by Crippen LogP contribution is -2.41. The Balaban J connectivity index is 1.41. The Kier molecular flexibility index (Phi) is 6.09. The predicted octanol–water partition coefficient (Wildman–Crippen LogP) is 3.99. The van der Waals surface area contributed by atoms with Gasteiger partial charge in [-0.25, -0.2) is 0 Å². The zero-order valence-electron chi connectivity index (χ0n) is 19.6. The van der Waals surface area contributed by atoms with E-state index in [1.807, 2.05) is 36.1 Å². The zero-order valence-corrected chi connectivity index (χ0v) is 19.6. The van der Waals surface area contributed by atoms with Crippen LogP contribution in [0.5, 0.6) is 0 Å². The summed E-state index contributed by atoms with van der Waals surface area (Å²) in [7, 11) is 3.84. The second-order valence-electron chi connectivity index (χ2n) is 9.14. The number of rotatable bonds is 5. The van der Waals surface area contributed by atoms with Gasteiger partial charge in [0.05, 0.1) is 6.54 Å². The molecule has 7 nitrogen and oxygen atoms in total. The van der Waals surface area contributed by atoms with Gasteiger partial charge < -0.3 is 18.9 Å². The molecule has 0 bridgehead atoms. The van der Waals surface area contributed by atoms with Crippen molar-refractivity contribution in [2.75, 3.05) is 20.1 Å². The maximum atomic E-state index is 13.3. The molecule has 32 heavy (non-hydrogen) atoms. The fourth-order valence-electron chi connectivity index (χ4n) is 4.71. The molecule has 0 radical (unpaired) electrons. The molecule has 2 aromatic heterocycles. The van der Waals surface area contributed by atoms with E-state index in [9.17, 15) is 9.59 Å². The lowest BCUT2D eigenvalue weighted by atomic mass is 9.93. The first-order chi connectivity index (χ1) is 15.2. The van der Waals surface area contributed by atoms with Crippen LogP contribution in [-0.4, -0.2) is 51.5 Å². The van der Waals surface area contributed by atoms with Crippen molar-refractivity contribution in [3.05, 3.63) is 52.5 Å². The summed E-state index contributed by atoms with van der Waals surface area (Å²) in [5.74, 6) is 1.03. The van der Waals surface area contributed by atoms with Gasteiger partial charge in [-0.2, -0.15) is 0 Å². The lowest BCUT2D eigenvalue weighted by molar-refractivity contribution is -0.131. The highest BCUT2D eigenvalue weighted by Crippen LogP contribution is 2.27. The van der Waals surface area contributed by atoms with Gasteiger partial charge >= 0.3 is 0 Å². The summed E-state index contributed by atoms with van der Waals surface area (Å²) in [6.45, 7) is 7.83. The van der Waals surface area contributed by atoms with E-state index in [1.165, 1.54) is 11.3 Å². The number of likely N-dealkylation sites (tertiary alicyclic amines) is 1. The average molecular weight is 437 g/mol. The number of hydrogen-bond acceptors (Lipinski definition) is 4. The van der Waals surface area contributed by atoms with E-state index in [4.69, 9.17) is 4.52 Å². The van der Waals surface area contributed by atoms with E-state index in [1.54, 1.807) is 11.9 Å². The van der Waals surface area contributed by atoms with Gasteiger partial charge in [0.2, 0.25) is 5.91 Å². The van der Waals surface area contributed by atoms with E-state index in [0.29, 0.717) is 19.5 Å². The number of carbonyl (C=O) groups excluding carboxylic acids is 2. The van der Waals surface area contributed by atoms with Crippen molar-refractivity contribution in [1.29, 1.82) is 0 Å². The molecule has 1 aliphatic rings. The molecule has 7 heteroatoms. The highest BCUT2D eigenvalue weighted by Gasteiger charge is 2.27. The van der Waals surface area contributed by atoms with Crippen LogP contribution in [0, 0.1) is 26.7 Å². The molecular weight excluding hydrogens is 404 g/mol. The van der Waals surface area contributed by atoms with E-state index >= 15 is 0 Å². The van der Waals surface area contributed by atoms with Gasteiger partial charge in [0, 0.05) is 61.8 Å². The minimum atomic E-state index is 0.0522. The third kappa shape index (κ3) is 4.29. The molecule has 4 rings (SSSR count). The topological polar surface area (TPSA) is 71.6 Å². The lowest BCUT2D eigenvalue weighted by Gasteiger charge is -2.33. The molecule has 0 aliphatic carbocycles. The largest absolute Gasteiger partial charge is 0.361 e. The molecule has 2 amide bonds. The van der Waals surface area contributed by atoms with Crippen molar-refractivity contribution < 1.29 is 14.1 Å². The number of hydrogen-bond donors (Lipinski definition) is 0. The third-order valence-electron chi connectivity index (χ3n) is 6.83. The van der Waals surface area contributed by atoms with Crippen molar-refractivity contribution in [1.82, 2.24) is 19.5 Å².